The summed E-state index contributed by atoms with van der Waals surface area (Å²) in [6.07, 6.45) is 3.52. The Labute approximate surface area is 108 Å². The van der Waals surface area contributed by atoms with Gasteiger partial charge in [0.1, 0.15) is 5.75 Å². The monoisotopic (exact) mass is 269 g/mol. The minimum absolute atomic E-state index is 0.0908. The second-order valence-electron chi connectivity index (χ2n) is 4.31. The second-order valence-corrected chi connectivity index (χ2v) is 5.72. The van der Waals surface area contributed by atoms with Crippen molar-refractivity contribution >= 4 is 16.9 Å². The molecule has 1 aromatic rings. The van der Waals surface area contributed by atoms with Crippen molar-refractivity contribution in [3.63, 3.8) is 0 Å². The number of aromatic nitrogens is 1. The summed E-state index contributed by atoms with van der Waals surface area (Å²) in [4.78, 5) is 14.2. The Morgan fingerprint density at radius 3 is 3.11 bits per heavy atom. The lowest BCUT2D eigenvalue weighted by Gasteiger charge is -2.22. The van der Waals surface area contributed by atoms with Gasteiger partial charge < -0.3 is 9.87 Å². The molecule has 2 heterocycles. The van der Waals surface area contributed by atoms with Crippen molar-refractivity contribution in [2.75, 3.05) is 18.8 Å². The van der Waals surface area contributed by atoms with Gasteiger partial charge >= 0.3 is 10.7 Å². The van der Waals surface area contributed by atoms with Crippen LogP contribution in [-0.2, 0) is 11.2 Å². The first kappa shape index (κ1) is 13.3. The molecule has 0 spiro atoms. The van der Waals surface area contributed by atoms with Crippen LogP contribution in [0.5, 0.6) is 0 Å². The first-order chi connectivity index (χ1) is 8.68. The molecular formula is C11H15N3O3S. The maximum Gasteiger partial charge on any atom is 0.343 e. The topological polar surface area (TPSA) is 91.1 Å². The molecule has 1 N–H and O–H groups in total. The van der Waals surface area contributed by atoms with Gasteiger partial charge in [0.2, 0.25) is 0 Å². The number of hydrogen-bond donors (Lipinski definition) is 1. The SMILES string of the molecule is O=[N+]([O-])c1cccnc1[S+]([O-])CC1CCCNC1. The fourth-order valence-electron chi connectivity index (χ4n) is 2.06. The van der Waals surface area contributed by atoms with Crippen molar-refractivity contribution in [2.45, 2.75) is 17.9 Å². The molecule has 1 aliphatic rings. The van der Waals surface area contributed by atoms with Crippen molar-refractivity contribution in [3.05, 3.63) is 28.4 Å². The van der Waals surface area contributed by atoms with E-state index in [9.17, 15) is 14.7 Å². The molecule has 6 nitrogen and oxygen atoms in total. The van der Waals surface area contributed by atoms with Gasteiger partial charge in [0, 0.05) is 35.9 Å². The Morgan fingerprint density at radius 2 is 2.44 bits per heavy atom. The number of piperidine rings is 1. The maximum absolute atomic E-state index is 12.2. The van der Waals surface area contributed by atoms with Crippen LogP contribution in [0.15, 0.2) is 23.4 Å². The van der Waals surface area contributed by atoms with Crippen molar-refractivity contribution in [3.8, 4) is 0 Å². The predicted molar refractivity (Wildman–Crippen MR) is 67.8 cm³/mol. The Kier molecular flexibility index (Phi) is 4.51. The number of rotatable bonds is 4. The average molecular weight is 269 g/mol. The first-order valence-electron chi connectivity index (χ1n) is 5.87. The van der Waals surface area contributed by atoms with Crippen molar-refractivity contribution in [2.24, 2.45) is 5.92 Å². The third-order valence-corrected chi connectivity index (χ3v) is 4.47. The number of pyridine rings is 1. The minimum Gasteiger partial charge on any atom is -0.610 e. The van der Waals surface area contributed by atoms with Crippen LogP contribution < -0.4 is 5.32 Å². The van der Waals surface area contributed by atoms with Gasteiger partial charge in [-0.05, 0) is 25.5 Å². The predicted octanol–water partition coefficient (Wildman–Crippen LogP) is 1.10. The molecule has 0 amide bonds. The number of hydrogen-bond acceptors (Lipinski definition) is 5. The molecular weight excluding hydrogens is 254 g/mol. The highest BCUT2D eigenvalue weighted by atomic mass is 32.2. The van der Waals surface area contributed by atoms with Gasteiger partial charge in [-0.15, -0.1) is 0 Å². The molecule has 0 radical (unpaired) electrons. The van der Waals surface area contributed by atoms with Gasteiger partial charge in [-0.3, -0.25) is 10.1 Å². The summed E-state index contributed by atoms with van der Waals surface area (Å²) in [6.45, 7) is 1.82. The molecule has 2 atom stereocenters. The highest BCUT2D eigenvalue weighted by Gasteiger charge is 2.29. The van der Waals surface area contributed by atoms with Crippen LogP contribution in [-0.4, -0.2) is 33.3 Å². The molecule has 0 aromatic carbocycles. The zero-order valence-electron chi connectivity index (χ0n) is 9.87. The van der Waals surface area contributed by atoms with Crippen molar-refractivity contribution in [1.82, 2.24) is 10.3 Å². The van der Waals surface area contributed by atoms with E-state index in [2.05, 4.69) is 10.3 Å². The number of nitro groups is 1. The largest absolute Gasteiger partial charge is 0.610 e. The van der Waals surface area contributed by atoms with Gasteiger partial charge in [0.15, 0.2) is 0 Å². The minimum atomic E-state index is -1.41. The Hall–Kier alpha value is -1.18. The van der Waals surface area contributed by atoms with Crippen molar-refractivity contribution < 1.29 is 9.48 Å². The second kappa shape index (κ2) is 6.12. The van der Waals surface area contributed by atoms with E-state index in [4.69, 9.17) is 0 Å². The standard InChI is InChI=1S/C11H15N3O3S/c15-14(16)10-4-2-6-13-11(10)18(17)8-9-3-1-5-12-7-9/h2,4,6,9,12H,1,3,5,7-8H2. The zero-order valence-corrected chi connectivity index (χ0v) is 10.7. The molecule has 98 valence electrons. The fourth-order valence-corrected chi connectivity index (χ4v) is 3.48. The molecule has 2 rings (SSSR count). The molecule has 1 saturated heterocycles. The van der Waals surface area contributed by atoms with E-state index in [1.54, 1.807) is 0 Å². The van der Waals surface area contributed by atoms with Crippen molar-refractivity contribution in [1.29, 1.82) is 0 Å². The summed E-state index contributed by atoms with van der Waals surface area (Å²) in [5.41, 5.74) is -0.153. The summed E-state index contributed by atoms with van der Waals surface area (Å²) in [7, 11) is 0. The summed E-state index contributed by atoms with van der Waals surface area (Å²) in [5, 5.41) is 14.2. The van der Waals surface area contributed by atoms with E-state index in [0.29, 0.717) is 11.7 Å². The Bertz CT molecular complexity index is 424. The molecule has 1 aromatic heterocycles. The van der Waals surface area contributed by atoms with E-state index < -0.39 is 16.1 Å². The Balaban J connectivity index is 2.08. The van der Waals surface area contributed by atoms with Crippen LogP contribution in [0, 0.1) is 16.0 Å². The number of nitrogens with zero attached hydrogens (tertiary/aromatic N) is 2. The van der Waals surface area contributed by atoms with E-state index in [1.165, 1.54) is 18.3 Å². The quantitative estimate of drug-likeness (QED) is 0.502. The van der Waals surface area contributed by atoms with E-state index in [1.807, 2.05) is 0 Å². The molecule has 7 heteroatoms. The van der Waals surface area contributed by atoms with Crippen LogP contribution in [0.4, 0.5) is 5.69 Å². The van der Waals surface area contributed by atoms with Gasteiger partial charge in [0.25, 0.3) is 0 Å². The molecule has 2 unspecified atom stereocenters. The highest BCUT2D eigenvalue weighted by Crippen LogP contribution is 2.24. The van der Waals surface area contributed by atoms with Crippen LogP contribution in [0.3, 0.4) is 0 Å². The Morgan fingerprint density at radius 1 is 1.61 bits per heavy atom. The van der Waals surface area contributed by atoms with Gasteiger partial charge in [-0.25, -0.2) is 4.98 Å². The normalized spacial score (nSPS) is 21.5. The van der Waals surface area contributed by atoms with Crippen LogP contribution in [0.2, 0.25) is 0 Å². The smallest absolute Gasteiger partial charge is 0.343 e. The highest BCUT2D eigenvalue weighted by molar-refractivity contribution is 7.91. The first-order valence-corrected chi connectivity index (χ1v) is 7.19. The molecule has 0 aliphatic carbocycles. The lowest BCUT2D eigenvalue weighted by molar-refractivity contribution is -0.388. The third kappa shape index (κ3) is 3.18. The van der Waals surface area contributed by atoms with Gasteiger partial charge in [-0.2, -0.15) is 0 Å². The summed E-state index contributed by atoms with van der Waals surface area (Å²) in [5.74, 6) is 0.742. The lowest BCUT2D eigenvalue weighted by Crippen LogP contribution is -2.34. The zero-order chi connectivity index (χ0) is 13.0. The summed E-state index contributed by atoms with van der Waals surface area (Å²) in [6, 6.07) is 2.83. The fraction of sp³-hybridized carbons (Fsp3) is 0.545. The van der Waals surface area contributed by atoms with E-state index in [0.717, 1.165) is 25.9 Å². The van der Waals surface area contributed by atoms with Gasteiger partial charge in [-0.1, -0.05) is 0 Å². The van der Waals surface area contributed by atoms with E-state index in [-0.39, 0.29) is 10.7 Å². The molecule has 18 heavy (non-hydrogen) atoms. The summed E-state index contributed by atoms with van der Waals surface area (Å²) >= 11 is -1.41. The molecule has 0 saturated carbocycles. The summed E-state index contributed by atoms with van der Waals surface area (Å²) < 4.78 is 12.2. The van der Waals surface area contributed by atoms with Crippen LogP contribution in [0.25, 0.3) is 0 Å². The van der Waals surface area contributed by atoms with Gasteiger partial charge in [0.05, 0.1) is 4.92 Å². The van der Waals surface area contributed by atoms with E-state index >= 15 is 0 Å². The number of nitrogens with one attached hydrogen (secondary N) is 1. The molecule has 1 aliphatic heterocycles. The molecule has 0 bridgehead atoms. The van der Waals surface area contributed by atoms with Crippen LogP contribution in [0.1, 0.15) is 12.8 Å². The van der Waals surface area contributed by atoms with Crippen LogP contribution >= 0.6 is 0 Å². The average Bonchev–Trinajstić information content (AvgIpc) is 2.40. The molecule has 1 fully saturated rings. The third-order valence-electron chi connectivity index (χ3n) is 2.95. The lowest BCUT2D eigenvalue weighted by atomic mass is 10.0. The maximum atomic E-state index is 12.2.